The molecule has 0 spiro atoms. The van der Waals surface area contributed by atoms with Gasteiger partial charge in [0.2, 0.25) is 0 Å². The Morgan fingerprint density at radius 3 is 2.68 bits per heavy atom. The molecule has 1 aliphatic heterocycles. The van der Waals surface area contributed by atoms with Gasteiger partial charge in [0.05, 0.1) is 30.6 Å². The monoisotopic (exact) mass is 414 g/mol. The van der Waals surface area contributed by atoms with E-state index in [1.54, 1.807) is 18.3 Å². The molecule has 0 saturated carbocycles. The number of morpholine rings is 1. The molecule has 0 bridgehead atoms. The molecule has 5 aromatic rings. The number of pyridine rings is 1. The lowest BCUT2D eigenvalue weighted by Crippen LogP contribution is -2.36. The number of H-pyrrole nitrogens is 1. The molecule has 154 valence electrons. The first kappa shape index (κ1) is 18.0. The molecule has 0 amide bonds. The van der Waals surface area contributed by atoms with Gasteiger partial charge in [-0.05, 0) is 48.5 Å². The first-order valence-electron chi connectivity index (χ1n) is 10.2. The number of aromatic nitrogens is 5. The van der Waals surface area contributed by atoms with Crippen molar-refractivity contribution in [3.8, 4) is 17.1 Å². The van der Waals surface area contributed by atoms with Crippen molar-refractivity contribution in [2.75, 3.05) is 31.2 Å². The number of benzene rings is 2. The van der Waals surface area contributed by atoms with E-state index in [0.717, 1.165) is 52.1 Å². The van der Waals surface area contributed by atoms with Gasteiger partial charge in [-0.3, -0.25) is 9.67 Å². The Labute approximate surface area is 177 Å². The average Bonchev–Trinajstić information content (AvgIpc) is 3.44. The van der Waals surface area contributed by atoms with Crippen LogP contribution in [0.15, 0.2) is 60.9 Å². The van der Waals surface area contributed by atoms with Crippen LogP contribution in [0.4, 0.5) is 10.1 Å². The van der Waals surface area contributed by atoms with Crippen LogP contribution in [0.3, 0.4) is 0 Å². The molecule has 4 heterocycles. The van der Waals surface area contributed by atoms with E-state index >= 15 is 0 Å². The number of hydrogen-bond donors (Lipinski definition) is 1. The van der Waals surface area contributed by atoms with Gasteiger partial charge in [-0.15, -0.1) is 0 Å². The van der Waals surface area contributed by atoms with Gasteiger partial charge in [0, 0.05) is 35.9 Å². The lowest BCUT2D eigenvalue weighted by atomic mass is 10.2. The maximum Gasteiger partial charge on any atom is 0.167 e. The summed E-state index contributed by atoms with van der Waals surface area (Å²) < 4.78 is 21.2. The van der Waals surface area contributed by atoms with E-state index in [-0.39, 0.29) is 5.82 Å². The molecule has 2 aromatic carbocycles. The molecule has 3 aromatic heterocycles. The number of nitrogens with one attached hydrogen (secondary N) is 1. The Morgan fingerprint density at radius 2 is 1.84 bits per heavy atom. The Hall–Kier alpha value is -3.78. The highest BCUT2D eigenvalue weighted by atomic mass is 19.1. The van der Waals surface area contributed by atoms with Crippen molar-refractivity contribution >= 4 is 27.8 Å². The largest absolute Gasteiger partial charge is 0.378 e. The number of imidazole rings is 1. The van der Waals surface area contributed by atoms with Crippen LogP contribution in [0.25, 0.3) is 39.1 Å². The van der Waals surface area contributed by atoms with Crippen molar-refractivity contribution in [2.45, 2.75) is 0 Å². The fraction of sp³-hybridized carbons (Fsp3) is 0.174. The van der Waals surface area contributed by atoms with Crippen LogP contribution in [0, 0.1) is 5.82 Å². The number of hydrogen-bond acceptors (Lipinski definition) is 5. The molecule has 1 saturated heterocycles. The van der Waals surface area contributed by atoms with Gasteiger partial charge >= 0.3 is 0 Å². The number of halogens is 1. The van der Waals surface area contributed by atoms with Gasteiger partial charge in [0.15, 0.2) is 5.65 Å². The van der Waals surface area contributed by atoms with E-state index in [2.05, 4.69) is 26.1 Å². The van der Waals surface area contributed by atoms with Gasteiger partial charge in [0.25, 0.3) is 0 Å². The van der Waals surface area contributed by atoms with Crippen LogP contribution in [-0.4, -0.2) is 51.0 Å². The average molecular weight is 414 g/mol. The highest BCUT2D eigenvalue weighted by Crippen LogP contribution is 2.33. The molecule has 0 aliphatic carbocycles. The number of anilines is 1. The summed E-state index contributed by atoms with van der Waals surface area (Å²) >= 11 is 0. The summed E-state index contributed by atoms with van der Waals surface area (Å²) in [6.45, 7) is 2.98. The van der Waals surface area contributed by atoms with Crippen LogP contribution in [0.5, 0.6) is 0 Å². The number of fused-ring (bicyclic) bond motifs is 2. The van der Waals surface area contributed by atoms with E-state index < -0.39 is 0 Å². The fourth-order valence-electron chi connectivity index (χ4n) is 4.13. The van der Waals surface area contributed by atoms with Gasteiger partial charge in [-0.1, -0.05) is 0 Å². The third-order valence-electron chi connectivity index (χ3n) is 5.66. The Bertz CT molecular complexity index is 1380. The first-order chi connectivity index (χ1) is 15.3. The number of rotatable bonds is 3. The molecule has 31 heavy (non-hydrogen) atoms. The van der Waals surface area contributed by atoms with Crippen LogP contribution in [-0.2, 0) is 4.74 Å². The van der Waals surface area contributed by atoms with E-state index in [0.29, 0.717) is 19.0 Å². The second kappa shape index (κ2) is 7.17. The topological polar surface area (TPSA) is 71.9 Å². The van der Waals surface area contributed by atoms with Crippen LogP contribution >= 0.6 is 0 Å². The minimum Gasteiger partial charge on any atom is -0.378 e. The van der Waals surface area contributed by atoms with Crippen molar-refractivity contribution in [1.29, 1.82) is 0 Å². The fourth-order valence-corrected chi connectivity index (χ4v) is 4.13. The van der Waals surface area contributed by atoms with Gasteiger partial charge < -0.3 is 9.64 Å². The first-order valence-corrected chi connectivity index (χ1v) is 10.2. The highest BCUT2D eigenvalue weighted by molar-refractivity contribution is 5.91. The Balaban J connectivity index is 1.62. The van der Waals surface area contributed by atoms with Crippen molar-refractivity contribution in [1.82, 2.24) is 24.7 Å². The van der Waals surface area contributed by atoms with Gasteiger partial charge in [-0.2, -0.15) is 5.10 Å². The molecule has 1 fully saturated rings. The maximum absolute atomic E-state index is 13.6. The summed E-state index contributed by atoms with van der Waals surface area (Å²) in [5.41, 5.74) is 5.29. The van der Waals surface area contributed by atoms with E-state index in [1.165, 1.54) is 12.1 Å². The third-order valence-corrected chi connectivity index (χ3v) is 5.66. The van der Waals surface area contributed by atoms with Gasteiger partial charge in [0.1, 0.15) is 17.2 Å². The highest BCUT2D eigenvalue weighted by Gasteiger charge is 2.21. The van der Waals surface area contributed by atoms with Gasteiger partial charge in [-0.25, -0.2) is 14.4 Å². The van der Waals surface area contributed by atoms with E-state index in [1.807, 2.05) is 29.0 Å². The maximum atomic E-state index is 13.6. The molecule has 8 heteroatoms. The van der Waals surface area contributed by atoms with Crippen LogP contribution < -0.4 is 4.90 Å². The molecule has 0 unspecified atom stereocenters. The zero-order valence-corrected chi connectivity index (χ0v) is 16.6. The molecule has 7 nitrogen and oxygen atoms in total. The normalized spacial score (nSPS) is 14.5. The number of aromatic amines is 1. The second-order valence-electron chi connectivity index (χ2n) is 7.52. The van der Waals surface area contributed by atoms with Crippen LogP contribution in [0.2, 0.25) is 0 Å². The van der Waals surface area contributed by atoms with Crippen molar-refractivity contribution in [3.05, 3.63) is 66.7 Å². The molecule has 0 atom stereocenters. The minimum absolute atomic E-state index is 0.279. The summed E-state index contributed by atoms with van der Waals surface area (Å²) in [6, 6.07) is 14.5. The summed E-state index contributed by atoms with van der Waals surface area (Å²) in [6.07, 6.45) is 3.61. The summed E-state index contributed by atoms with van der Waals surface area (Å²) in [5.74, 6) is 0.435. The number of ether oxygens (including phenoxy) is 1. The summed E-state index contributed by atoms with van der Waals surface area (Å²) in [5, 5.41) is 8.10. The number of nitrogens with zero attached hydrogens (tertiary/aromatic N) is 5. The SMILES string of the molecule is Fc1ccc(-c2nc3c(N4CCOCC4)ccnc3n2-c2ccc3[nH]ncc3c2)cc1. The van der Waals surface area contributed by atoms with E-state index in [4.69, 9.17) is 9.72 Å². The second-order valence-corrected chi connectivity index (χ2v) is 7.52. The zero-order valence-electron chi connectivity index (χ0n) is 16.6. The molecule has 0 radical (unpaired) electrons. The Morgan fingerprint density at radius 1 is 1.00 bits per heavy atom. The zero-order chi connectivity index (χ0) is 20.8. The predicted octanol–water partition coefficient (Wildman–Crippen LogP) is 3.94. The smallest absolute Gasteiger partial charge is 0.167 e. The standard InChI is InChI=1S/C23H19FN6O/c24-17-3-1-15(2-4-17)22-27-21-20(29-9-11-31-12-10-29)7-8-25-23(21)30(22)18-5-6-19-16(13-18)14-26-28-19/h1-8,13-14H,9-12H2,(H,26,28). The molecular weight excluding hydrogens is 395 g/mol. The quantitative estimate of drug-likeness (QED) is 0.484. The van der Waals surface area contributed by atoms with Crippen LogP contribution in [0.1, 0.15) is 0 Å². The molecule has 6 rings (SSSR count). The Kier molecular flexibility index (Phi) is 4.17. The van der Waals surface area contributed by atoms with E-state index in [9.17, 15) is 4.39 Å². The molecular formula is C23H19FN6O. The minimum atomic E-state index is -0.279. The third kappa shape index (κ3) is 3.03. The predicted molar refractivity (Wildman–Crippen MR) is 117 cm³/mol. The van der Waals surface area contributed by atoms with Crippen molar-refractivity contribution < 1.29 is 9.13 Å². The van der Waals surface area contributed by atoms with Crippen molar-refractivity contribution in [3.63, 3.8) is 0 Å². The lowest BCUT2D eigenvalue weighted by Gasteiger charge is -2.28. The summed E-state index contributed by atoms with van der Waals surface area (Å²) in [4.78, 5) is 12.0. The lowest BCUT2D eigenvalue weighted by molar-refractivity contribution is 0.123. The molecule has 1 aliphatic rings. The van der Waals surface area contributed by atoms with Crippen molar-refractivity contribution in [2.24, 2.45) is 0 Å². The summed E-state index contributed by atoms with van der Waals surface area (Å²) in [7, 11) is 0. The molecule has 1 N–H and O–H groups in total.